The van der Waals surface area contributed by atoms with Crippen LogP contribution < -0.4 is 10.0 Å². The first-order chi connectivity index (χ1) is 13.4. The molecule has 1 heterocycles. The summed E-state index contributed by atoms with van der Waals surface area (Å²) in [5, 5.41) is 4.02. The number of amides is 1. The van der Waals surface area contributed by atoms with Crippen LogP contribution in [0.4, 0.5) is 11.4 Å². The molecule has 0 aliphatic heterocycles. The van der Waals surface area contributed by atoms with E-state index in [1.807, 2.05) is 0 Å². The highest BCUT2D eigenvalue weighted by molar-refractivity contribution is 7.93. The number of sulfonamides is 1. The van der Waals surface area contributed by atoms with Gasteiger partial charge in [-0.3, -0.25) is 9.52 Å². The zero-order chi connectivity index (χ0) is 19.9. The van der Waals surface area contributed by atoms with Crippen LogP contribution in [0.1, 0.15) is 6.92 Å². The second-order valence-electron chi connectivity index (χ2n) is 6.00. The first kappa shape index (κ1) is 18.6. The molecule has 0 spiro atoms. The largest absolute Gasteiger partial charge is 0.326 e. The van der Waals surface area contributed by atoms with Gasteiger partial charge in [0.2, 0.25) is 5.91 Å². The van der Waals surface area contributed by atoms with Crippen molar-refractivity contribution in [1.82, 2.24) is 8.75 Å². The second-order valence-corrected chi connectivity index (χ2v) is 8.58. The topological polar surface area (TPSA) is 101 Å². The van der Waals surface area contributed by atoms with E-state index in [4.69, 9.17) is 11.6 Å². The SMILES string of the molecule is CC(=O)Nc1ccc(S(=O)(=O)Nc2c(Cl)ccc3nsnc23)c2ccccc12. The van der Waals surface area contributed by atoms with Crippen LogP contribution in [-0.2, 0) is 14.8 Å². The van der Waals surface area contributed by atoms with Crippen molar-refractivity contribution in [2.24, 2.45) is 0 Å². The molecule has 0 saturated heterocycles. The fourth-order valence-electron chi connectivity index (χ4n) is 2.92. The Labute approximate surface area is 169 Å². The first-order valence-electron chi connectivity index (χ1n) is 8.10. The summed E-state index contributed by atoms with van der Waals surface area (Å²) in [6.45, 7) is 1.39. The predicted molar refractivity (Wildman–Crippen MR) is 111 cm³/mol. The van der Waals surface area contributed by atoms with Crippen molar-refractivity contribution in [2.45, 2.75) is 11.8 Å². The van der Waals surface area contributed by atoms with Gasteiger partial charge in [-0.15, -0.1) is 0 Å². The average Bonchev–Trinajstić information content (AvgIpc) is 3.13. The lowest BCUT2D eigenvalue weighted by atomic mass is 10.1. The molecule has 0 radical (unpaired) electrons. The molecule has 0 saturated carbocycles. The van der Waals surface area contributed by atoms with Gasteiger partial charge in [0.1, 0.15) is 11.0 Å². The van der Waals surface area contributed by atoms with Gasteiger partial charge in [-0.05, 0) is 24.3 Å². The number of rotatable bonds is 4. The third kappa shape index (κ3) is 3.28. The second kappa shape index (κ2) is 7.01. The molecular formula is C18H13ClN4O3S2. The van der Waals surface area contributed by atoms with Gasteiger partial charge in [-0.1, -0.05) is 35.9 Å². The summed E-state index contributed by atoms with van der Waals surface area (Å²) in [4.78, 5) is 11.5. The van der Waals surface area contributed by atoms with E-state index in [1.165, 1.54) is 13.0 Å². The highest BCUT2D eigenvalue weighted by atomic mass is 35.5. The van der Waals surface area contributed by atoms with Gasteiger partial charge in [0.05, 0.1) is 27.3 Å². The number of nitrogens with one attached hydrogen (secondary N) is 2. The Morgan fingerprint density at radius 3 is 2.54 bits per heavy atom. The van der Waals surface area contributed by atoms with Gasteiger partial charge in [0, 0.05) is 23.4 Å². The average molecular weight is 433 g/mol. The molecule has 0 aliphatic rings. The summed E-state index contributed by atoms with van der Waals surface area (Å²) in [6.07, 6.45) is 0. The number of hydrogen-bond donors (Lipinski definition) is 2. The molecule has 4 rings (SSSR count). The van der Waals surface area contributed by atoms with Crippen molar-refractivity contribution in [3.8, 4) is 0 Å². The summed E-state index contributed by atoms with van der Waals surface area (Å²) in [5.41, 5.74) is 1.66. The fourth-order valence-corrected chi connectivity index (χ4v) is 5.02. The normalized spacial score (nSPS) is 11.6. The first-order valence-corrected chi connectivity index (χ1v) is 10.7. The maximum Gasteiger partial charge on any atom is 0.262 e. The monoisotopic (exact) mass is 432 g/mol. The van der Waals surface area contributed by atoms with E-state index in [0.717, 1.165) is 11.7 Å². The maximum absolute atomic E-state index is 13.2. The van der Waals surface area contributed by atoms with Crippen LogP contribution in [0.5, 0.6) is 0 Å². The number of carbonyl (C=O) groups is 1. The Morgan fingerprint density at radius 2 is 1.79 bits per heavy atom. The Hall–Kier alpha value is -2.75. The lowest BCUT2D eigenvalue weighted by Crippen LogP contribution is -2.15. The zero-order valence-corrected chi connectivity index (χ0v) is 16.8. The number of carbonyl (C=O) groups excluding carboxylic acids is 1. The number of hydrogen-bond acceptors (Lipinski definition) is 6. The van der Waals surface area contributed by atoms with E-state index in [1.54, 1.807) is 42.5 Å². The van der Waals surface area contributed by atoms with Crippen LogP contribution in [0.3, 0.4) is 0 Å². The van der Waals surface area contributed by atoms with Crippen molar-refractivity contribution in [1.29, 1.82) is 0 Å². The molecule has 0 atom stereocenters. The summed E-state index contributed by atoms with van der Waals surface area (Å²) < 4.78 is 37.1. The van der Waals surface area contributed by atoms with Crippen LogP contribution in [0.15, 0.2) is 53.4 Å². The van der Waals surface area contributed by atoms with Crippen molar-refractivity contribution >= 4 is 72.4 Å². The van der Waals surface area contributed by atoms with Gasteiger partial charge in [-0.2, -0.15) is 8.75 Å². The van der Waals surface area contributed by atoms with Gasteiger partial charge in [0.25, 0.3) is 10.0 Å². The lowest BCUT2D eigenvalue weighted by molar-refractivity contribution is -0.114. The number of anilines is 2. The Balaban J connectivity index is 1.86. The quantitative estimate of drug-likeness (QED) is 0.501. The maximum atomic E-state index is 13.2. The molecule has 10 heteroatoms. The summed E-state index contributed by atoms with van der Waals surface area (Å²) >= 11 is 7.19. The molecule has 2 N–H and O–H groups in total. The molecule has 0 fully saturated rings. The van der Waals surface area contributed by atoms with Crippen molar-refractivity contribution in [3.63, 3.8) is 0 Å². The molecule has 0 bridgehead atoms. The van der Waals surface area contributed by atoms with Gasteiger partial charge in [-0.25, -0.2) is 8.42 Å². The standard InChI is InChI=1S/C18H13ClN4O3S2/c1-10(24)20-14-8-9-16(12-5-3-2-4-11(12)14)28(25,26)23-17-13(19)6-7-15-18(17)22-27-21-15/h2-9,23H,1H3,(H,20,24). The van der Waals surface area contributed by atoms with Crippen LogP contribution in [0.25, 0.3) is 21.8 Å². The Bertz CT molecular complexity index is 1340. The molecular weight excluding hydrogens is 420 g/mol. The minimum Gasteiger partial charge on any atom is -0.326 e. The van der Waals surface area contributed by atoms with Crippen molar-refractivity contribution < 1.29 is 13.2 Å². The van der Waals surface area contributed by atoms with Gasteiger partial charge >= 0.3 is 0 Å². The van der Waals surface area contributed by atoms with E-state index < -0.39 is 10.0 Å². The molecule has 3 aromatic carbocycles. The number of nitrogens with zero attached hydrogens (tertiary/aromatic N) is 2. The Kier molecular flexibility index (Phi) is 4.66. The third-order valence-corrected chi connectivity index (χ3v) is 6.36. The highest BCUT2D eigenvalue weighted by Crippen LogP contribution is 2.34. The van der Waals surface area contributed by atoms with Gasteiger partial charge < -0.3 is 5.32 Å². The number of aromatic nitrogens is 2. The minimum atomic E-state index is -3.99. The van der Waals surface area contributed by atoms with E-state index in [9.17, 15) is 13.2 Å². The third-order valence-electron chi connectivity index (χ3n) is 4.10. The number of benzene rings is 3. The summed E-state index contributed by atoms with van der Waals surface area (Å²) in [7, 11) is -3.99. The van der Waals surface area contributed by atoms with Crippen molar-refractivity contribution in [2.75, 3.05) is 10.0 Å². The smallest absolute Gasteiger partial charge is 0.262 e. The van der Waals surface area contributed by atoms with Crippen LogP contribution in [-0.4, -0.2) is 23.1 Å². The summed E-state index contributed by atoms with van der Waals surface area (Å²) in [5.74, 6) is -0.242. The molecule has 0 aliphatic carbocycles. The number of fused-ring (bicyclic) bond motifs is 2. The van der Waals surface area contributed by atoms with E-state index >= 15 is 0 Å². The van der Waals surface area contributed by atoms with Gasteiger partial charge in [0.15, 0.2) is 0 Å². The van der Waals surface area contributed by atoms with Crippen LogP contribution in [0.2, 0.25) is 5.02 Å². The molecule has 1 amide bonds. The summed E-state index contributed by atoms with van der Waals surface area (Å²) in [6, 6.07) is 13.2. The molecule has 1 aromatic heterocycles. The van der Waals surface area contributed by atoms with Crippen molar-refractivity contribution in [3.05, 3.63) is 53.6 Å². The zero-order valence-electron chi connectivity index (χ0n) is 14.4. The molecule has 28 heavy (non-hydrogen) atoms. The van der Waals surface area contributed by atoms with E-state index in [2.05, 4.69) is 18.8 Å². The lowest BCUT2D eigenvalue weighted by Gasteiger charge is -2.14. The minimum absolute atomic E-state index is 0.0634. The molecule has 0 unspecified atom stereocenters. The van der Waals surface area contributed by atoms with E-state index in [0.29, 0.717) is 27.5 Å². The molecule has 4 aromatic rings. The van der Waals surface area contributed by atoms with Crippen LogP contribution >= 0.6 is 23.3 Å². The highest BCUT2D eigenvalue weighted by Gasteiger charge is 2.22. The predicted octanol–water partition coefficient (Wildman–Crippen LogP) is 4.26. The fraction of sp³-hybridized carbons (Fsp3) is 0.0556. The molecule has 7 nitrogen and oxygen atoms in total. The Morgan fingerprint density at radius 1 is 1.04 bits per heavy atom. The molecule has 142 valence electrons. The van der Waals surface area contributed by atoms with Crippen LogP contribution in [0, 0.1) is 0 Å². The number of halogens is 1. The van der Waals surface area contributed by atoms with E-state index in [-0.39, 0.29) is 21.5 Å².